The first-order valence-corrected chi connectivity index (χ1v) is 5.13. The summed E-state index contributed by atoms with van der Waals surface area (Å²) in [7, 11) is 0. The van der Waals surface area contributed by atoms with E-state index in [4.69, 9.17) is 0 Å². The zero-order chi connectivity index (χ0) is 9.68. The Morgan fingerprint density at radius 2 is 2.31 bits per heavy atom. The number of hydrogen-bond acceptors (Lipinski definition) is 3. The van der Waals surface area contributed by atoms with E-state index in [2.05, 4.69) is 24.1 Å². The van der Waals surface area contributed by atoms with Gasteiger partial charge in [-0.05, 0) is 18.9 Å². The van der Waals surface area contributed by atoms with Gasteiger partial charge in [0, 0.05) is 13.1 Å². The Kier molecular flexibility index (Phi) is 4.39. The Morgan fingerprint density at radius 3 is 3.00 bits per heavy atom. The van der Waals surface area contributed by atoms with Crippen LogP contribution in [0.15, 0.2) is 0 Å². The molecule has 0 aromatic rings. The fourth-order valence-electron chi connectivity index (χ4n) is 1.48. The zero-order valence-corrected chi connectivity index (χ0v) is 8.68. The number of nitrogens with one attached hydrogen (secondary N) is 1. The third kappa shape index (κ3) is 4.39. The highest BCUT2D eigenvalue weighted by molar-refractivity contribution is 5.82. The predicted octanol–water partition coefficient (Wildman–Crippen LogP) is 0.507. The number of nitrogens with zero attached hydrogens (tertiary/aromatic N) is 1. The van der Waals surface area contributed by atoms with Crippen LogP contribution in [0.5, 0.6) is 0 Å². The third-order valence-electron chi connectivity index (χ3n) is 2.35. The minimum absolute atomic E-state index is 0.321. The van der Waals surface area contributed by atoms with Gasteiger partial charge in [0.2, 0.25) is 0 Å². The normalized spacial score (nSPS) is 20.7. The molecule has 0 saturated carbocycles. The van der Waals surface area contributed by atoms with Gasteiger partial charge in [-0.1, -0.05) is 13.8 Å². The van der Waals surface area contributed by atoms with Crippen LogP contribution in [0.2, 0.25) is 0 Å². The lowest BCUT2D eigenvalue weighted by atomic mass is 10.1. The Balaban J connectivity index is 2.26. The summed E-state index contributed by atoms with van der Waals surface area (Å²) in [6.45, 7) is 8.65. The molecule has 1 aliphatic rings. The summed E-state index contributed by atoms with van der Waals surface area (Å²) < 4.78 is 0. The van der Waals surface area contributed by atoms with E-state index in [0.717, 1.165) is 25.6 Å². The van der Waals surface area contributed by atoms with Crippen molar-refractivity contribution in [2.75, 3.05) is 32.7 Å². The highest BCUT2D eigenvalue weighted by Crippen LogP contribution is 2.02. The van der Waals surface area contributed by atoms with Crippen LogP contribution >= 0.6 is 0 Å². The maximum atomic E-state index is 11.2. The summed E-state index contributed by atoms with van der Waals surface area (Å²) in [4.78, 5) is 13.5. The van der Waals surface area contributed by atoms with Crippen molar-refractivity contribution in [3.8, 4) is 0 Å². The van der Waals surface area contributed by atoms with E-state index in [1.165, 1.54) is 6.42 Å². The lowest BCUT2D eigenvalue weighted by Gasteiger charge is -2.19. The molecule has 3 heteroatoms. The second-order valence-corrected chi connectivity index (χ2v) is 4.17. The van der Waals surface area contributed by atoms with E-state index in [1.807, 2.05) is 0 Å². The average Bonchev–Trinajstić information content (AvgIpc) is 2.26. The Labute approximate surface area is 80.5 Å². The molecule has 1 N–H and O–H groups in total. The van der Waals surface area contributed by atoms with Gasteiger partial charge in [-0.3, -0.25) is 9.69 Å². The summed E-state index contributed by atoms with van der Waals surface area (Å²) >= 11 is 0. The average molecular weight is 184 g/mol. The van der Waals surface area contributed by atoms with Gasteiger partial charge in [0.15, 0.2) is 5.78 Å². The van der Waals surface area contributed by atoms with Crippen LogP contribution in [-0.4, -0.2) is 43.4 Å². The van der Waals surface area contributed by atoms with E-state index in [0.29, 0.717) is 18.9 Å². The van der Waals surface area contributed by atoms with Gasteiger partial charge in [0.25, 0.3) is 0 Å². The molecule has 76 valence electrons. The van der Waals surface area contributed by atoms with Crippen LogP contribution in [0.3, 0.4) is 0 Å². The van der Waals surface area contributed by atoms with Crippen molar-refractivity contribution in [1.82, 2.24) is 10.2 Å². The molecule has 1 aliphatic heterocycles. The third-order valence-corrected chi connectivity index (χ3v) is 2.35. The number of carbonyl (C=O) groups excluding carboxylic acids is 1. The monoisotopic (exact) mass is 184 g/mol. The maximum Gasteiger partial charge on any atom is 0.160 e. The van der Waals surface area contributed by atoms with Crippen LogP contribution in [0, 0.1) is 5.92 Å². The van der Waals surface area contributed by atoms with Gasteiger partial charge >= 0.3 is 0 Å². The Hall–Kier alpha value is -0.410. The first-order chi connectivity index (χ1) is 6.18. The largest absolute Gasteiger partial charge is 0.309 e. The lowest BCUT2D eigenvalue weighted by Crippen LogP contribution is -2.31. The molecule has 1 rings (SSSR count). The van der Waals surface area contributed by atoms with Crippen molar-refractivity contribution in [3.63, 3.8) is 0 Å². The first-order valence-electron chi connectivity index (χ1n) is 5.13. The molecule has 1 fully saturated rings. The van der Waals surface area contributed by atoms with Crippen molar-refractivity contribution in [1.29, 1.82) is 0 Å². The molecule has 0 bridgehead atoms. The smallest absolute Gasteiger partial charge is 0.160 e. The second kappa shape index (κ2) is 5.35. The van der Waals surface area contributed by atoms with Crippen molar-refractivity contribution in [3.05, 3.63) is 0 Å². The molecular formula is C10H20N2O. The number of hydrogen-bond donors (Lipinski definition) is 1. The zero-order valence-electron chi connectivity index (χ0n) is 8.68. The summed E-state index contributed by atoms with van der Waals surface area (Å²) in [5.41, 5.74) is 0. The van der Waals surface area contributed by atoms with Crippen molar-refractivity contribution >= 4 is 5.78 Å². The summed E-state index contributed by atoms with van der Waals surface area (Å²) in [5, 5.41) is 3.12. The maximum absolute atomic E-state index is 11.2. The second-order valence-electron chi connectivity index (χ2n) is 4.17. The number of Topliss-reactive ketones (excluding diaryl/α,β-unsaturated/α-hetero) is 1. The van der Waals surface area contributed by atoms with Crippen LogP contribution in [-0.2, 0) is 4.79 Å². The molecule has 0 spiro atoms. The van der Waals surface area contributed by atoms with E-state index in [1.54, 1.807) is 0 Å². The van der Waals surface area contributed by atoms with Crippen molar-refractivity contribution in [2.24, 2.45) is 5.92 Å². The quantitative estimate of drug-likeness (QED) is 0.693. The minimum Gasteiger partial charge on any atom is -0.309 e. The van der Waals surface area contributed by atoms with Crippen LogP contribution in [0.25, 0.3) is 0 Å². The molecule has 0 amide bonds. The van der Waals surface area contributed by atoms with Gasteiger partial charge in [0.1, 0.15) is 0 Å². The number of rotatable bonds is 3. The topological polar surface area (TPSA) is 32.3 Å². The molecule has 13 heavy (non-hydrogen) atoms. The Morgan fingerprint density at radius 1 is 1.54 bits per heavy atom. The molecule has 1 heterocycles. The molecule has 0 radical (unpaired) electrons. The van der Waals surface area contributed by atoms with Crippen LogP contribution in [0.4, 0.5) is 0 Å². The standard InChI is InChI=1S/C10H20N2O/c1-9(2)3-5-12-6-4-11-7-10(13)8-12/h9,11H,3-8H2,1-2H3. The fraction of sp³-hybridized carbons (Fsp3) is 0.900. The summed E-state index contributed by atoms with van der Waals surface area (Å²) in [6.07, 6.45) is 1.19. The predicted molar refractivity (Wildman–Crippen MR) is 53.8 cm³/mol. The molecule has 0 aromatic heterocycles. The van der Waals surface area contributed by atoms with Crippen LogP contribution in [0.1, 0.15) is 20.3 Å². The van der Waals surface area contributed by atoms with E-state index < -0.39 is 0 Å². The van der Waals surface area contributed by atoms with Gasteiger partial charge < -0.3 is 5.32 Å². The Bertz CT molecular complexity index is 168. The van der Waals surface area contributed by atoms with Gasteiger partial charge in [-0.25, -0.2) is 0 Å². The molecular weight excluding hydrogens is 164 g/mol. The molecule has 0 aromatic carbocycles. The molecule has 3 nitrogen and oxygen atoms in total. The minimum atomic E-state index is 0.321. The van der Waals surface area contributed by atoms with Gasteiger partial charge in [0.05, 0.1) is 13.1 Å². The lowest BCUT2D eigenvalue weighted by molar-refractivity contribution is -0.118. The van der Waals surface area contributed by atoms with E-state index in [-0.39, 0.29) is 0 Å². The molecule has 0 unspecified atom stereocenters. The highest BCUT2D eigenvalue weighted by atomic mass is 16.1. The molecule has 0 atom stereocenters. The fourth-order valence-corrected chi connectivity index (χ4v) is 1.48. The van der Waals surface area contributed by atoms with Crippen molar-refractivity contribution in [2.45, 2.75) is 20.3 Å². The number of ketones is 1. The van der Waals surface area contributed by atoms with Gasteiger partial charge in [-0.2, -0.15) is 0 Å². The first kappa shape index (κ1) is 10.7. The summed E-state index contributed by atoms with van der Waals surface area (Å²) in [6, 6.07) is 0. The van der Waals surface area contributed by atoms with E-state index in [9.17, 15) is 4.79 Å². The van der Waals surface area contributed by atoms with Crippen LogP contribution < -0.4 is 5.32 Å². The van der Waals surface area contributed by atoms with Crippen molar-refractivity contribution < 1.29 is 4.79 Å². The summed E-state index contributed by atoms with van der Waals surface area (Å²) in [5.74, 6) is 1.05. The highest BCUT2D eigenvalue weighted by Gasteiger charge is 2.13. The van der Waals surface area contributed by atoms with Gasteiger partial charge in [-0.15, -0.1) is 0 Å². The molecule has 1 saturated heterocycles. The SMILES string of the molecule is CC(C)CCN1CCNCC(=O)C1. The van der Waals surface area contributed by atoms with E-state index >= 15 is 0 Å². The number of carbonyl (C=O) groups is 1. The molecule has 0 aliphatic carbocycles.